The molecular formula is C9H21NO7. The maximum absolute atomic E-state index is 11.2. The summed E-state index contributed by atoms with van der Waals surface area (Å²) in [5.41, 5.74) is 0. The van der Waals surface area contributed by atoms with Gasteiger partial charge in [-0.15, -0.1) is 9.73 Å². The van der Waals surface area contributed by atoms with Gasteiger partial charge in [-0.2, -0.15) is 4.89 Å². The lowest BCUT2D eigenvalue weighted by atomic mass is 10.2. The van der Waals surface area contributed by atoms with E-state index in [0.29, 0.717) is 6.42 Å². The van der Waals surface area contributed by atoms with E-state index in [1.165, 1.54) is 21.0 Å². The molecule has 0 aliphatic carbocycles. The second-order valence-electron chi connectivity index (χ2n) is 3.78. The summed E-state index contributed by atoms with van der Waals surface area (Å²) in [7, 11) is 1.29. The number of hydrogen-bond donors (Lipinski definition) is 2. The van der Waals surface area contributed by atoms with Crippen LogP contribution in [-0.2, 0) is 24.5 Å². The first-order valence-electron chi connectivity index (χ1n) is 5.31. The van der Waals surface area contributed by atoms with Crippen molar-refractivity contribution in [2.45, 2.75) is 52.1 Å². The van der Waals surface area contributed by atoms with Gasteiger partial charge in [-0.05, 0) is 19.2 Å². The first kappa shape index (κ1) is 16.7. The van der Waals surface area contributed by atoms with Gasteiger partial charge in [-0.25, -0.2) is 4.89 Å². The van der Waals surface area contributed by atoms with E-state index in [1.54, 1.807) is 13.8 Å². The van der Waals surface area contributed by atoms with Gasteiger partial charge in [0.2, 0.25) is 5.79 Å². The minimum atomic E-state index is -1.55. The van der Waals surface area contributed by atoms with Crippen molar-refractivity contribution in [1.82, 2.24) is 0 Å². The van der Waals surface area contributed by atoms with Gasteiger partial charge >= 0.3 is 0 Å². The number of nitrogens with one attached hydrogen (secondary N) is 1. The quantitative estimate of drug-likeness (QED) is 0.340. The summed E-state index contributed by atoms with van der Waals surface area (Å²) in [5.74, 6) is -2.82. The standard InChI is InChI=1S/C9H21NO7/c1-6-8(3,11)15-17-10(12)14-9(4,7-2)16-13-5/h10-11H,6-7H2,1-5H3. The van der Waals surface area contributed by atoms with Gasteiger partial charge in [-0.3, -0.25) is 0 Å². The third-order valence-electron chi connectivity index (χ3n) is 2.15. The van der Waals surface area contributed by atoms with Crippen LogP contribution >= 0.6 is 0 Å². The van der Waals surface area contributed by atoms with Crippen molar-refractivity contribution in [3.05, 3.63) is 5.21 Å². The van der Waals surface area contributed by atoms with Crippen molar-refractivity contribution >= 4 is 0 Å². The molecule has 0 aliphatic heterocycles. The Morgan fingerprint density at radius 2 is 1.76 bits per heavy atom. The molecule has 0 amide bonds. The van der Waals surface area contributed by atoms with E-state index in [1.807, 2.05) is 0 Å². The molecule has 0 saturated heterocycles. The molecule has 3 unspecified atom stereocenters. The molecule has 0 rings (SSSR count). The van der Waals surface area contributed by atoms with E-state index < -0.39 is 17.0 Å². The number of quaternary nitrogens is 1. The van der Waals surface area contributed by atoms with Crippen LogP contribution in [0.1, 0.15) is 40.5 Å². The molecular weight excluding hydrogens is 234 g/mol. The molecule has 8 heteroatoms. The Bertz CT molecular complexity index is 214. The molecule has 17 heavy (non-hydrogen) atoms. The third kappa shape index (κ3) is 6.86. The van der Waals surface area contributed by atoms with Crippen molar-refractivity contribution in [2.75, 3.05) is 7.11 Å². The molecule has 0 heterocycles. The summed E-state index contributed by atoms with van der Waals surface area (Å²) >= 11 is 0. The van der Waals surface area contributed by atoms with Gasteiger partial charge in [0.25, 0.3) is 5.79 Å². The molecule has 0 saturated carbocycles. The van der Waals surface area contributed by atoms with Crippen LogP contribution in [0.2, 0.25) is 0 Å². The summed E-state index contributed by atoms with van der Waals surface area (Å²) in [6, 6.07) is 0. The molecule has 104 valence electrons. The van der Waals surface area contributed by atoms with E-state index in [4.69, 9.17) is 9.73 Å². The Labute approximate surface area is 100 Å². The monoisotopic (exact) mass is 255 g/mol. The van der Waals surface area contributed by atoms with Gasteiger partial charge < -0.3 is 10.3 Å². The predicted molar refractivity (Wildman–Crippen MR) is 55.3 cm³/mol. The first-order chi connectivity index (χ1) is 7.78. The van der Waals surface area contributed by atoms with E-state index in [0.717, 1.165) is 0 Å². The van der Waals surface area contributed by atoms with Crippen molar-refractivity contribution in [3.63, 3.8) is 0 Å². The Morgan fingerprint density at radius 3 is 2.18 bits per heavy atom. The first-order valence-corrected chi connectivity index (χ1v) is 5.31. The van der Waals surface area contributed by atoms with E-state index >= 15 is 0 Å². The van der Waals surface area contributed by atoms with Crippen LogP contribution in [0, 0.1) is 5.21 Å². The fourth-order valence-electron chi connectivity index (χ4n) is 0.700. The van der Waals surface area contributed by atoms with Crippen LogP contribution in [0.25, 0.3) is 0 Å². The molecule has 0 aromatic heterocycles. The molecule has 0 aromatic carbocycles. The second-order valence-corrected chi connectivity index (χ2v) is 3.78. The fourth-order valence-corrected chi connectivity index (χ4v) is 0.700. The SMILES string of the molecule is CCC(C)(O)OO[NH+]([O-])OC(C)(CC)OOC. The summed E-state index contributed by atoms with van der Waals surface area (Å²) < 4.78 is 0. The second kappa shape index (κ2) is 7.19. The minimum Gasteiger partial charge on any atom is -0.563 e. The summed E-state index contributed by atoms with van der Waals surface area (Å²) in [5, 5.41) is 19.5. The van der Waals surface area contributed by atoms with Crippen LogP contribution in [0.4, 0.5) is 0 Å². The molecule has 0 fully saturated rings. The molecule has 3 atom stereocenters. The van der Waals surface area contributed by atoms with Crippen LogP contribution in [0.15, 0.2) is 0 Å². The van der Waals surface area contributed by atoms with Gasteiger partial charge in [0.1, 0.15) is 0 Å². The lowest BCUT2D eigenvalue weighted by Gasteiger charge is -2.29. The van der Waals surface area contributed by atoms with Gasteiger partial charge in [0, 0.05) is 17.8 Å². The Morgan fingerprint density at radius 1 is 1.18 bits per heavy atom. The Kier molecular flexibility index (Phi) is 7.05. The average molecular weight is 255 g/mol. The zero-order valence-corrected chi connectivity index (χ0v) is 10.8. The van der Waals surface area contributed by atoms with Crippen LogP contribution in [-0.4, -0.2) is 23.8 Å². The normalized spacial score (nSPS) is 20.6. The highest BCUT2D eigenvalue weighted by Gasteiger charge is 2.32. The van der Waals surface area contributed by atoms with Crippen LogP contribution < -0.4 is 5.39 Å². The highest BCUT2D eigenvalue weighted by atomic mass is 17.4. The zero-order valence-electron chi connectivity index (χ0n) is 10.8. The number of rotatable bonds is 9. The molecule has 0 bridgehead atoms. The lowest BCUT2D eigenvalue weighted by Crippen LogP contribution is -3.07. The molecule has 8 nitrogen and oxygen atoms in total. The molecule has 0 radical (unpaired) electrons. The third-order valence-corrected chi connectivity index (χ3v) is 2.15. The molecule has 0 aliphatic rings. The topological polar surface area (TPSA) is 93.9 Å². The van der Waals surface area contributed by atoms with Crippen molar-refractivity contribution < 1.29 is 35.0 Å². The van der Waals surface area contributed by atoms with E-state index in [2.05, 4.69) is 14.8 Å². The Balaban J connectivity index is 4.11. The maximum Gasteiger partial charge on any atom is 0.258 e. The minimum absolute atomic E-state index is 0.250. The van der Waals surface area contributed by atoms with Crippen molar-refractivity contribution in [3.8, 4) is 0 Å². The maximum atomic E-state index is 11.2. The van der Waals surface area contributed by atoms with Crippen molar-refractivity contribution in [1.29, 1.82) is 0 Å². The fraction of sp³-hybridized carbons (Fsp3) is 1.00. The van der Waals surface area contributed by atoms with Gasteiger partial charge in [-0.1, -0.05) is 13.8 Å². The average Bonchev–Trinajstić information content (AvgIpc) is 2.27. The van der Waals surface area contributed by atoms with E-state index in [9.17, 15) is 10.3 Å². The van der Waals surface area contributed by atoms with Crippen molar-refractivity contribution in [2.24, 2.45) is 0 Å². The van der Waals surface area contributed by atoms with Gasteiger partial charge in [0.15, 0.2) is 0 Å². The molecule has 2 N–H and O–H groups in total. The zero-order chi connectivity index (χ0) is 13.5. The largest absolute Gasteiger partial charge is 0.563 e. The van der Waals surface area contributed by atoms with Crippen LogP contribution in [0.3, 0.4) is 0 Å². The van der Waals surface area contributed by atoms with Crippen LogP contribution in [0.5, 0.6) is 0 Å². The highest BCUT2D eigenvalue weighted by molar-refractivity contribution is 4.53. The predicted octanol–water partition coefficient (Wildman–Crippen LogP) is -0.0134. The smallest absolute Gasteiger partial charge is 0.258 e. The highest BCUT2D eigenvalue weighted by Crippen LogP contribution is 2.14. The number of hydrogen-bond acceptors (Lipinski definition) is 7. The summed E-state index contributed by atoms with van der Waals surface area (Å²) in [6.07, 6.45) is 0.597. The van der Waals surface area contributed by atoms with E-state index in [-0.39, 0.29) is 6.42 Å². The summed E-state index contributed by atoms with van der Waals surface area (Å²) in [4.78, 5) is 22.8. The molecule has 0 spiro atoms. The number of aliphatic hydroxyl groups is 1. The summed E-state index contributed by atoms with van der Waals surface area (Å²) in [6.45, 7) is 6.24. The van der Waals surface area contributed by atoms with Gasteiger partial charge in [0.05, 0.1) is 7.11 Å². The Hall–Kier alpha value is -0.320. The molecule has 0 aromatic rings. The lowest BCUT2D eigenvalue weighted by molar-refractivity contribution is -1.26.